The number of ether oxygens (including phenoxy) is 1. The van der Waals surface area contributed by atoms with Gasteiger partial charge in [0.1, 0.15) is 11.3 Å². The standard InChI is InChI=1S/C23H23NO4/c1-5-10-24-19(15-6-8-16(27-4)9-7-15)18-20(25)17-12-13(2)11-14(3)21(17)28-22(18)23(24)26/h6-9,11-12,19H,5,10H2,1-4H3. The van der Waals surface area contributed by atoms with Crippen molar-refractivity contribution < 1.29 is 13.9 Å². The lowest BCUT2D eigenvalue weighted by molar-refractivity contribution is 0.0728. The van der Waals surface area contributed by atoms with E-state index in [4.69, 9.17) is 9.15 Å². The lowest BCUT2D eigenvalue weighted by atomic mass is 9.97. The average Bonchev–Trinajstić information content (AvgIpc) is 2.96. The highest BCUT2D eigenvalue weighted by molar-refractivity contribution is 5.99. The Bertz CT molecular complexity index is 1130. The summed E-state index contributed by atoms with van der Waals surface area (Å²) in [4.78, 5) is 28.3. The summed E-state index contributed by atoms with van der Waals surface area (Å²) in [5.74, 6) is 0.669. The number of aryl methyl sites for hydroxylation is 2. The topological polar surface area (TPSA) is 59.8 Å². The molecule has 0 spiro atoms. The minimum absolute atomic E-state index is 0.129. The molecule has 1 atom stereocenters. The van der Waals surface area contributed by atoms with E-state index in [9.17, 15) is 9.59 Å². The Morgan fingerprint density at radius 1 is 1.11 bits per heavy atom. The van der Waals surface area contributed by atoms with Crippen molar-refractivity contribution in [2.75, 3.05) is 13.7 Å². The van der Waals surface area contributed by atoms with Gasteiger partial charge in [-0.15, -0.1) is 0 Å². The predicted molar refractivity (Wildman–Crippen MR) is 108 cm³/mol. The fourth-order valence-corrected chi connectivity index (χ4v) is 4.08. The number of carbonyl (C=O) groups is 1. The molecule has 1 aliphatic rings. The lowest BCUT2D eigenvalue weighted by Crippen LogP contribution is -2.30. The minimum atomic E-state index is -0.449. The molecule has 0 saturated carbocycles. The third-order valence-corrected chi connectivity index (χ3v) is 5.29. The van der Waals surface area contributed by atoms with Gasteiger partial charge in [-0.2, -0.15) is 0 Å². The summed E-state index contributed by atoms with van der Waals surface area (Å²) in [6.07, 6.45) is 0.790. The number of amides is 1. The first-order chi connectivity index (χ1) is 13.5. The molecule has 0 N–H and O–H groups in total. The highest BCUT2D eigenvalue weighted by Crippen LogP contribution is 2.39. The minimum Gasteiger partial charge on any atom is -0.497 e. The number of methoxy groups -OCH3 is 1. The third kappa shape index (κ3) is 2.70. The monoisotopic (exact) mass is 377 g/mol. The van der Waals surface area contributed by atoms with Crippen LogP contribution >= 0.6 is 0 Å². The molecule has 0 radical (unpaired) electrons. The largest absolute Gasteiger partial charge is 0.497 e. The average molecular weight is 377 g/mol. The zero-order chi connectivity index (χ0) is 20.0. The number of benzene rings is 2. The van der Waals surface area contributed by atoms with E-state index in [-0.39, 0.29) is 17.1 Å². The van der Waals surface area contributed by atoms with Gasteiger partial charge in [0.05, 0.1) is 24.1 Å². The van der Waals surface area contributed by atoms with Crippen LogP contribution in [0.15, 0.2) is 45.6 Å². The molecule has 5 nitrogen and oxygen atoms in total. The van der Waals surface area contributed by atoms with Crippen molar-refractivity contribution in [2.45, 2.75) is 33.2 Å². The van der Waals surface area contributed by atoms with Crippen molar-refractivity contribution in [3.05, 3.63) is 74.6 Å². The Balaban J connectivity index is 2.00. The number of fused-ring (bicyclic) bond motifs is 2. The van der Waals surface area contributed by atoms with Crippen molar-refractivity contribution in [1.29, 1.82) is 0 Å². The van der Waals surface area contributed by atoms with Crippen molar-refractivity contribution in [2.24, 2.45) is 0 Å². The SMILES string of the molecule is CCCN1C(=O)c2oc3c(C)cc(C)cc3c(=O)c2C1c1ccc(OC)cc1. The summed E-state index contributed by atoms with van der Waals surface area (Å²) < 4.78 is 11.3. The van der Waals surface area contributed by atoms with Crippen LogP contribution in [0, 0.1) is 13.8 Å². The van der Waals surface area contributed by atoms with Gasteiger partial charge in [-0.3, -0.25) is 9.59 Å². The molecule has 1 aliphatic heterocycles. The first-order valence-corrected chi connectivity index (χ1v) is 9.49. The molecule has 2 aromatic carbocycles. The number of rotatable bonds is 4. The quantitative estimate of drug-likeness (QED) is 0.677. The van der Waals surface area contributed by atoms with Crippen LogP contribution < -0.4 is 10.2 Å². The molecular weight excluding hydrogens is 354 g/mol. The fourth-order valence-electron chi connectivity index (χ4n) is 4.08. The normalized spacial score (nSPS) is 15.9. The molecule has 1 aromatic heterocycles. The van der Waals surface area contributed by atoms with Crippen molar-refractivity contribution in [3.8, 4) is 5.75 Å². The Hall–Kier alpha value is -3.08. The van der Waals surface area contributed by atoms with Crippen LogP contribution in [0.3, 0.4) is 0 Å². The molecule has 144 valence electrons. The summed E-state index contributed by atoms with van der Waals surface area (Å²) in [6.45, 7) is 6.41. The van der Waals surface area contributed by atoms with E-state index in [1.807, 2.05) is 57.2 Å². The van der Waals surface area contributed by atoms with Crippen LogP contribution in [0.1, 0.15) is 52.2 Å². The molecule has 0 fully saturated rings. The summed E-state index contributed by atoms with van der Waals surface area (Å²) >= 11 is 0. The molecule has 3 aromatic rings. The maximum Gasteiger partial charge on any atom is 0.290 e. The van der Waals surface area contributed by atoms with Gasteiger partial charge in [0, 0.05) is 6.54 Å². The predicted octanol–water partition coefficient (Wildman–Crippen LogP) is 4.37. The smallest absolute Gasteiger partial charge is 0.290 e. The molecule has 28 heavy (non-hydrogen) atoms. The van der Waals surface area contributed by atoms with Crippen LogP contribution in [-0.4, -0.2) is 24.5 Å². The van der Waals surface area contributed by atoms with E-state index in [0.29, 0.717) is 23.1 Å². The van der Waals surface area contributed by atoms with Gasteiger partial charge in [-0.05, 0) is 55.2 Å². The first kappa shape index (κ1) is 18.3. The number of nitrogens with zero attached hydrogens (tertiary/aromatic N) is 1. The van der Waals surface area contributed by atoms with E-state index in [1.165, 1.54) is 0 Å². The second kappa shape index (κ2) is 6.82. The van der Waals surface area contributed by atoms with Crippen LogP contribution in [0.5, 0.6) is 5.75 Å². The molecule has 4 rings (SSSR count). The fraction of sp³-hybridized carbons (Fsp3) is 0.304. The van der Waals surface area contributed by atoms with Gasteiger partial charge in [0.25, 0.3) is 5.91 Å². The molecule has 2 heterocycles. The highest BCUT2D eigenvalue weighted by Gasteiger charge is 2.42. The first-order valence-electron chi connectivity index (χ1n) is 9.49. The van der Waals surface area contributed by atoms with Gasteiger partial charge >= 0.3 is 0 Å². The van der Waals surface area contributed by atoms with Crippen molar-refractivity contribution in [3.63, 3.8) is 0 Å². The van der Waals surface area contributed by atoms with Crippen molar-refractivity contribution >= 4 is 16.9 Å². The second-order valence-corrected chi connectivity index (χ2v) is 7.31. The molecule has 5 heteroatoms. The third-order valence-electron chi connectivity index (χ3n) is 5.29. The molecule has 0 aliphatic carbocycles. The summed E-state index contributed by atoms with van der Waals surface area (Å²) in [7, 11) is 1.61. The van der Waals surface area contributed by atoms with Crippen molar-refractivity contribution in [1.82, 2.24) is 4.90 Å². The Morgan fingerprint density at radius 2 is 1.82 bits per heavy atom. The Kier molecular flexibility index (Phi) is 4.46. The van der Waals surface area contributed by atoms with Gasteiger partial charge in [0.15, 0.2) is 5.43 Å². The summed E-state index contributed by atoms with van der Waals surface area (Å²) in [5.41, 5.74) is 3.52. The maximum absolute atomic E-state index is 13.5. The second-order valence-electron chi connectivity index (χ2n) is 7.31. The van der Waals surface area contributed by atoms with E-state index < -0.39 is 6.04 Å². The molecule has 0 saturated heterocycles. The Labute approximate surface area is 163 Å². The number of hydrogen-bond donors (Lipinski definition) is 0. The van der Waals surface area contributed by atoms with Crippen LogP contribution in [0.4, 0.5) is 0 Å². The lowest BCUT2D eigenvalue weighted by Gasteiger charge is -2.24. The number of hydrogen-bond acceptors (Lipinski definition) is 4. The zero-order valence-electron chi connectivity index (χ0n) is 16.5. The van der Waals surface area contributed by atoms with E-state index in [2.05, 4.69) is 0 Å². The zero-order valence-corrected chi connectivity index (χ0v) is 16.5. The molecule has 1 amide bonds. The van der Waals surface area contributed by atoms with Gasteiger partial charge in [0.2, 0.25) is 5.76 Å². The summed E-state index contributed by atoms with van der Waals surface area (Å²) in [6, 6.07) is 10.8. The van der Waals surface area contributed by atoms with Crippen LogP contribution in [0.2, 0.25) is 0 Å². The van der Waals surface area contributed by atoms with Gasteiger partial charge < -0.3 is 14.1 Å². The van der Waals surface area contributed by atoms with Gasteiger partial charge in [-0.1, -0.05) is 25.1 Å². The van der Waals surface area contributed by atoms with Crippen LogP contribution in [-0.2, 0) is 0 Å². The van der Waals surface area contributed by atoms with E-state index in [1.54, 1.807) is 12.0 Å². The number of carbonyl (C=O) groups excluding carboxylic acids is 1. The highest BCUT2D eigenvalue weighted by atomic mass is 16.5. The van der Waals surface area contributed by atoms with E-state index in [0.717, 1.165) is 28.9 Å². The molecule has 0 bridgehead atoms. The summed E-state index contributed by atoms with van der Waals surface area (Å²) in [5, 5.41) is 0.529. The Morgan fingerprint density at radius 3 is 2.46 bits per heavy atom. The molecule has 1 unspecified atom stereocenters. The van der Waals surface area contributed by atoms with Gasteiger partial charge in [-0.25, -0.2) is 0 Å². The van der Waals surface area contributed by atoms with E-state index >= 15 is 0 Å². The maximum atomic E-state index is 13.5. The van der Waals surface area contributed by atoms with Crippen LogP contribution in [0.25, 0.3) is 11.0 Å². The molecular formula is C23H23NO4.